The minimum absolute atomic E-state index is 0.0196. The van der Waals surface area contributed by atoms with E-state index in [0.29, 0.717) is 0 Å². The van der Waals surface area contributed by atoms with Crippen LogP contribution >= 0.6 is 22.7 Å². The molecule has 1 unspecified atom stereocenters. The predicted octanol–water partition coefficient (Wildman–Crippen LogP) is 3.08. The first-order chi connectivity index (χ1) is 7.97. The van der Waals surface area contributed by atoms with Crippen LogP contribution in [-0.2, 0) is 6.42 Å². The maximum absolute atomic E-state index is 6.24. The van der Waals surface area contributed by atoms with E-state index in [0.717, 1.165) is 27.8 Å². The molecule has 2 heterocycles. The number of thiazole rings is 2. The zero-order valence-electron chi connectivity index (χ0n) is 10.6. The molecule has 0 bridgehead atoms. The molecule has 2 aromatic rings. The summed E-state index contributed by atoms with van der Waals surface area (Å²) in [5, 5.41) is 2.21. The molecule has 2 aromatic heterocycles. The van der Waals surface area contributed by atoms with Crippen LogP contribution in [0.5, 0.6) is 0 Å². The first-order valence-electron chi connectivity index (χ1n) is 5.59. The standard InChI is InChI=1S/C12H17N3S2/c1-6-8(3)16-11(15-6)5-10(13)12-7(2)14-9(4)17-12/h10H,5,13H2,1-4H3. The summed E-state index contributed by atoms with van der Waals surface area (Å²) in [5.74, 6) is 0. The van der Waals surface area contributed by atoms with Crippen molar-refractivity contribution in [2.24, 2.45) is 5.73 Å². The van der Waals surface area contributed by atoms with Crippen LogP contribution in [-0.4, -0.2) is 9.97 Å². The summed E-state index contributed by atoms with van der Waals surface area (Å²) in [7, 11) is 0. The molecule has 0 fully saturated rings. The van der Waals surface area contributed by atoms with Crippen LogP contribution in [0.1, 0.15) is 37.2 Å². The van der Waals surface area contributed by atoms with Crippen molar-refractivity contribution in [3.05, 3.63) is 31.2 Å². The molecule has 17 heavy (non-hydrogen) atoms. The second kappa shape index (κ2) is 4.84. The van der Waals surface area contributed by atoms with Gasteiger partial charge >= 0.3 is 0 Å². The maximum atomic E-state index is 6.24. The van der Waals surface area contributed by atoms with Crippen LogP contribution in [0, 0.1) is 27.7 Å². The summed E-state index contributed by atoms with van der Waals surface area (Å²) in [5.41, 5.74) is 8.42. The predicted molar refractivity (Wildman–Crippen MR) is 73.8 cm³/mol. The van der Waals surface area contributed by atoms with Gasteiger partial charge < -0.3 is 5.73 Å². The van der Waals surface area contributed by atoms with Gasteiger partial charge in [0.1, 0.15) is 0 Å². The zero-order chi connectivity index (χ0) is 12.6. The summed E-state index contributed by atoms with van der Waals surface area (Å²) < 4.78 is 0. The Balaban J connectivity index is 2.16. The van der Waals surface area contributed by atoms with Crippen LogP contribution in [0.3, 0.4) is 0 Å². The fraction of sp³-hybridized carbons (Fsp3) is 0.500. The van der Waals surface area contributed by atoms with Gasteiger partial charge in [0.25, 0.3) is 0 Å². The van der Waals surface area contributed by atoms with Crippen molar-refractivity contribution in [1.29, 1.82) is 0 Å². The van der Waals surface area contributed by atoms with Crippen molar-refractivity contribution in [1.82, 2.24) is 9.97 Å². The van der Waals surface area contributed by atoms with Gasteiger partial charge in [-0.25, -0.2) is 9.97 Å². The van der Waals surface area contributed by atoms with Crippen molar-refractivity contribution >= 4 is 22.7 Å². The molecule has 0 saturated carbocycles. The lowest BCUT2D eigenvalue weighted by Gasteiger charge is -2.07. The van der Waals surface area contributed by atoms with E-state index in [-0.39, 0.29) is 6.04 Å². The van der Waals surface area contributed by atoms with E-state index < -0.39 is 0 Å². The minimum Gasteiger partial charge on any atom is -0.323 e. The smallest absolute Gasteiger partial charge is 0.0950 e. The quantitative estimate of drug-likeness (QED) is 0.929. The molecule has 0 radical (unpaired) electrons. The molecule has 0 spiro atoms. The highest BCUT2D eigenvalue weighted by Crippen LogP contribution is 2.27. The lowest BCUT2D eigenvalue weighted by Crippen LogP contribution is -2.12. The Bertz CT molecular complexity index is 508. The van der Waals surface area contributed by atoms with Gasteiger partial charge in [-0.2, -0.15) is 0 Å². The Hall–Kier alpha value is -0.780. The summed E-state index contributed by atoms with van der Waals surface area (Å²) in [6, 6.07) is 0.0196. The minimum atomic E-state index is 0.0196. The molecular weight excluding hydrogens is 250 g/mol. The van der Waals surface area contributed by atoms with Gasteiger partial charge in [0.2, 0.25) is 0 Å². The summed E-state index contributed by atoms with van der Waals surface area (Å²) in [6.07, 6.45) is 0.807. The molecule has 92 valence electrons. The van der Waals surface area contributed by atoms with Crippen molar-refractivity contribution in [3.63, 3.8) is 0 Å². The van der Waals surface area contributed by atoms with E-state index >= 15 is 0 Å². The average Bonchev–Trinajstić information content (AvgIpc) is 2.71. The van der Waals surface area contributed by atoms with Crippen molar-refractivity contribution < 1.29 is 0 Å². The Morgan fingerprint density at radius 2 is 1.76 bits per heavy atom. The van der Waals surface area contributed by atoms with Gasteiger partial charge in [0.15, 0.2) is 0 Å². The van der Waals surface area contributed by atoms with Gasteiger partial charge in [-0.05, 0) is 27.7 Å². The van der Waals surface area contributed by atoms with Crippen LogP contribution in [0.15, 0.2) is 0 Å². The second-order valence-corrected chi connectivity index (χ2v) is 6.76. The first kappa shape index (κ1) is 12.7. The molecule has 3 nitrogen and oxygen atoms in total. The Morgan fingerprint density at radius 3 is 2.24 bits per heavy atom. The normalized spacial score (nSPS) is 13.0. The first-order valence-corrected chi connectivity index (χ1v) is 7.23. The third-order valence-electron chi connectivity index (χ3n) is 2.74. The van der Waals surface area contributed by atoms with Crippen LogP contribution in [0.4, 0.5) is 0 Å². The Morgan fingerprint density at radius 1 is 1.06 bits per heavy atom. The van der Waals surface area contributed by atoms with Crippen molar-refractivity contribution in [3.8, 4) is 0 Å². The SMILES string of the molecule is Cc1nc(C)c(C(N)Cc2nc(C)c(C)s2)s1. The van der Waals surface area contributed by atoms with E-state index in [9.17, 15) is 0 Å². The van der Waals surface area contributed by atoms with Crippen LogP contribution in [0.2, 0.25) is 0 Å². The molecule has 0 aliphatic heterocycles. The Kier molecular flexibility index (Phi) is 3.61. The number of nitrogens with zero attached hydrogens (tertiary/aromatic N) is 2. The molecule has 0 aromatic carbocycles. The maximum Gasteiger partial charge on any atom is 0.0950 e. The topological polar surface area (TPSA) is 51.8 Å². The van der Waals surface area contributed by atoms with E-state index in [1.54, 1.807) is 22.7 Å². The van der Waals surface area contributed by atoms with E-state index in [1.807, 2.05) is 20.8 Å². The summed E-state index contributed by atoms with van der Waals surface area (Å²) in [6.45, 7) is 8.19. The van der Waals surface area contributed by atoms with Gasteiger partial charge in [-0.3, -0.25) is 0 Å². The second-order valence-electron chi connectivity index (χ2n) is 4.24. The van der Waals surface area contributed by atoms with Crippen molar-refractivity contribution in [2.45, 2.75) is 40.2 Å². The molecular formula is C12H17N3S2. The third-order valence-corrected chi connectivity index (χ3v) is 5.04. The number of nitrogens with two attached hydrogens (primary N) is 1. The largest absolute Gasteiger partial charge is 0.323 e. The highest BCUT2D eigenvalue weighted by atomic mass is 32.1. The third kappa shape index (κ3) is 2.73. The van der Waals surface area contributed by atoms with Gasteiger partial charge in [-0.1, -0.05) is 0 Å². The van der Waals surface area contributed by atoms with Gasteiger partial charge in [0.05, 0.1) is 21.4 Å². The molecule has 0 aliphatic carbocycles. The number of rotatable bonds is 3. The molecule has 0 saturated heterocycles. The lowest BCUT2D eigenvalue weighted by molar-refractivity contribution is 0.723. The number of hydrogen-bond donors (Lipinski definition) is 1. The zero-order valence-corrected chi connectivity index (χ0v) is 12.2. The van der Waals surface area contributed by atoms with Crippen LogP contribution < -0.4 is 5.73 Å². The monoisotopic (exact) mass is 267 g/mol. The fourth-order valence-corrected chi connectivity index (χ4v) is 3.72. The molecule has 0 aliphatic rings. The molecule has 2 N–H and O–H groups in total. The van der Waals surface area contributed by atoms with E-state index in [4.69, 9.17) is 5.73 Å². The molecule has 2 rings (SSSR count). The number of hydrogen-bond acceptors (Lipinski definition) is 5. The van der Waals surface area contributed by atoms with Gasteiger partial charge in [0, 0.05) is 22.2 Å². The fourth-order valence-electron chi connectivity index (χ4n) is 1.80. The molecule has 0 amide bonds. The van der Waals surface area contributed by atoms with E-state index in [1.165, 1.54) is 9.75 Å². The summed E-state index contributed by atoms with van der Waals surface area (Å²) >= 11 is 3.44. The summed E-state index contributed by atoms with van der Waals surface area (Å²) in [4.78, 5) is 11.4. The van der Waals surface area contributed by atoms with Crippen molar-refractivity contribution in [2.75, 3.05) is 0 Å². The van der Waals surface area contributed by atoms with E-state index in [2.05, 4.69) is 16.9 Å². The highest BCUT2D eigenvalue weighted by molar-refractivity contribution is 7.12. The number of aryl methyl sites for hydroxylation is 4. The lowest BCUT2D eigenvalue weighted by atomic mass is 10.1. The number of aromatic nitrogens is 2. The van der Waals surface area contributed by atoms with Gasteiger partial charge in [-0.15, -0.1) is 22.7 Å². The molecule has 1 atom stereocenters. The highest BCUT2D eigenvalue weighted by Gasteiger charge is 2.16. The average molecular weight is 267 g/mol. The Labute approximate surface area is 110 Å². The molecule has 5 heteroatoms. The van der Waals surface area contributed by atoms with Crippen LogP contribution in [0.25, 0.3) is 0 Å².